The van der Waals surface area contributed by atoms with Gasteiger partial charge in [-0.15, -0.1) is 0 Å². The SMILES string of the molecule is COc1cc([N+](=O)[O-])c(OC)c2c1ccc1c3ccc(c12)CCc1ccc(cc1)CC3. The number of hydrogen-bond acceptors (Lipinski definition) is 4. The lowest BCUT2D eigenvalue weighted by atomic mass is 9.88. The van der Waals surface area contributed by atoms with Crippen LogP contribution in [0.15, 0.2) is 54.6 Å². The number of methoxy groups -OCH3 is 2. The summed E-state index contributed by atoms with van der Waals surface area (Å²) in [6, 6.07) is 18.8. The van der Waals surface area contributed by atoms with Crippen molar-refractivity contribution in [2.45, 2.75) is 25.7 Å². The fraction of sp³-hybridized carbons (Fsp3) is 0.231. The van der Waals surface area contributed by atoms with Crippen molar-refractivity contribution < 1.29 is 14.4 Å². The van der Waals surface area contributed by atoms with Crippen LogP contribution in [-0.2, 0) is 25.7 Å². The van der Waals surface area contributed by atoms with E-state index in [1.54, 1.807) is 7.11 Å². The van der Waals surface area contributed by atoms with Crippen LogP contribution in [-0.4, -0.2) is 19.1 Å². The molecule has 0 fully saturated rings. The number of aryl methyl sites for hydroxylation is 4. The predicted octanol–water partition coefficient (Wildman–Crippen LogP) is 5.80. The first-order valence-corrected chi connectivity index (χ1v) is 10.4. The summed E-state index contributed by atoms with van der Waals surface area (Å²) in [6.07, 6.45) is 3.58. The zero-order valence-electron chi connectivity index (χ0n) is 17.6. The van der Waals surface area contributed by atoms with E-state index in [1.165, 1.54) is 29.9 Å². The van der Waals surface area contributed by atoms with Crippen LogP contribution >= 0.6 is 0 Å². The monoisotopic (exact) mass is 413 g/mol. The highest BCUT2D eigenvalue weighted by Crippen LogP contribution is 2.46. The second-order valence-corrected chi connectivity index (χ2v) is 8.00. The lowest BCUT2D eigenvalue weighted by Gasteiger charge is -2.18. The molecule has 0 N–H and O–H groups in total. The Labute approximate surface area is 180 Å². The molecule has 0 unspecified atom stereocenters. The molecule has 0 saturated carbocycles. The van der Waals surface area contributed by atoms with E-state index in [9.17, 15) is 10.1 Å². The van der Waals surface area contributed by atoms with Gasteiger partial charge in [-0.3, -0.25) is 10.1 Å². The van der Waals surface area contributed by atoms with Crippen LogP contribution in [0.25, 0.3) is 21.5 Å². The van der Waals surface area contributed by atoms with Gasteiger partial charge in [0.25, 0.3) is 0 Å². The Hall–Kier alpha value is -3.60. The molecule has 31 heavy (non-hydrogen) atoms. The van der Waals surface area contributed by atoms with Crippen molar-refractivity contribution in [1.82, 2.24) is 0 Å². The molecule has 0 saturated heterocycles. The molecular formula is C26H23NO4. The predicted molar refractivity (Wildman–Crippen MR) is 122 cm³/mol. The molecule has 0 spiro atoms. The first-order valence-electron chi connectivity index (χ1n) is 10.4. The van der Waals surface area contributed by atoms with Crippen LogP contribution in [0.1, 0.15) is 22.3 Å². The molecule has 4 aliphatic carbocycles. The van der Waals surface area contributed by atoms with Crippen molar-refractivity contribution in [3.63, 3.8) is 0 Å². The van der Waals surface area contributed by atoms with E-state index in [2.05, 4.69) is 42.5 Å². The number of rotatable bonds is 3. The largest absolute Gasteiger partial charge is 0.496 e. The minimum atomic E-state index is -0.400. The third-order valence-corrected chi connectivity index (χ3v) is 6.36. The zero-order valence-corrected chi connectivity index (χ0v) is 17.6. The molecule has 0 amide bonds. The second kappa shape index (κ2) is 7.58. The van der Waals surface area contributed by atoms with Crippen LogP contribution in [0.5, 0.6) is 11.5 Å². The number of nitrogens with zero attached hydrogens (tertiary/aromatic N) is 1. The molecule has 8 rings (SSSR count). The van der Waals surface area contributed by atoms with Crippen LogP contribution < -0.4 is 9.47 Å². The van der Waals surface area contributed by atoms with Gasteiger partial charge in [-0.25, -0.2) is 0 Å². The van der Waals surface area contributed by atoms with Crippen LogP contribution in [0.2, 0.25) is 0 Å². The summed E-state index contributed by atoms with van der Waals surface area (Å²) < 4.78 is 11.2. The van der Waals surface area contributed by atoms with Crippen LogP contribution in [0.3, 0.4) is 0 Å². The van der Waals surface area contributed by atoms with Crippen molar-refractivity contribution in [2.24, 2.45) is 0 Å². The smallest absolute Gasteiger partial charge is 0.315 e. The van der Waals surface area contributed by atoms with Gasteiger partial charge in [0.1, 0.15) is 5.75 Å². The molecule has 5 heteroatoms. The van der Waals surface area contributed by atoms with Gasteiger partial charge in [0, 0.05) is 10.8 Å². The van der Waals surface area contributed by atoms with Gasteiger partial charge in [0.05, 0.1) is 25.2 Å². The Morgan fingerprint density at radius 1 is 0.742 bits per heavy atom. The molecule has 0 heterocycles. The highest BCUT2D eigenvalue weighted by Gasteiger charge is 2.25. The van der Waals surface area contributed by atoms with Crippen LogP contribution in [0, 0.1) is 10.1 Å². The second-order valence-electron chi connectivity index (χ2n) is 8.00. The molecule has 0 radical (unpaired) electrons. The third kappa shape index (κ3) is 3.17. The summed E-state index contributed by atoms with van der Waals surface area (Å²) in [5, 5.41) is 15.6. The van der Waals surface area contributed by atoms with Gasteiger partial charge in [-0.2, -0.15) is 0 Å². The number of nitro benzene ring substituents is 1. The maximum absolute atomic E-state index is 11.8. The van der Waals surface area contributed by atoms with Crippen molar-refractivity contribution >= 4 is 27.2 Å². The molecule has 4 aliphatic rings. The van der Waals surface area contributed by atoms with Crippen LogP contribution in [0.4, 0.5) is 5.69 Å². The maximum atomic E-state index is 11.8. The Kier molecular flexibility index (Phi) is 4.74. The van der Waals surface area contributed by atoms with E-state index in [4.69, 9.17) is 9.47 Å². The average Bonchev–Trinajstić information content (AvgIpc) is 2.79. The number of nitro groups is 1. The molecule has 0 aromatic heterocycles. The zero-order chi connectivity index (χ0) is 21.5. The molecule has 4 aromatic carbocycles. The standard InChI is InChI=1S/C26H23NO4/c1-30-23-15-22(27(28)29)26(31-2)25-21(23)14-13-20-18-9-7-16-3-5-17(6-4-16)8-10-19(12-11-18)24(20)25/h3-6,11-15H,7-10H2,1-2H3. The van der Waals surface area contributed by atoms with Gasteiger partial charge >= 0.3 is 5.69 Å². The van der Waals surface area contributed by atoms with Crippen molar-refractivity contribution in [2.75, 3.05) is 14.2 Å². The average molecular weight is 413 g/mol. The number of hydrogen-bond donors (Lipinski definition) is 0. The summed E-state index contributed by atoms with van der Waals surface area (Å²) in [5.74, 6) is 0.775. The van der Waals surface area contributed by atoms with Gasteiger partial charge in [0.15, 0.2) is 0 Å². The third-order valence-electron chi connectivity index (χ3n) is 6.36. The van der Waals surface area contributed by atoms with E-state index in [-0.39, 0.29) is 5.69 Å². The molecular weight excluding hydrogens is 390 g/mol. The Morgan fingerprint density at radius 2 is 1.35 bits per heavy atom. The normalized spacial score (nSPS) is 13.2. The van der Waals surface area contributed by atoms with E-state index in [1.807, 2.05) is 6.07 Å². The number of ether oxygens (including phenoxy) is 2. The van der Waals surface area contributed by atoms with E-state index < -0.39 is 4.92 Å². The molecule has 5 nitrogen and oxygen atoms in total. The molecule has 0 aliphatic heterocycles. The molecule has 0 atom stereocenters. The first-order chi connectivity index (χ1) is 15.1. The summed E-state index contributed by atoms with van der Waals surface area (Å²) in [6.45, 7) is 0. The van der Waals surface area contributed by atoms with Gasteiger partial charge < -0.3 is 9.47 Å². The van der Waals surface area contributed by atoms with Gasteiger partial charge in [-0.1, -0.05) is 42.5 Å². The van der Waals surface area contributed by atoms with E-state index in [0.717, 1.165) is 52.8 Å². The fourth-order valence-electron chi connectivity index (χ4n) is 4.78. The lowest BCUT2D eigenvalue weighted by Crippen LogP contribution is -2.02. The first kappa shape index (κ1) is 19.4. The quantitative estimate of drug-likeness (QED) is 0.242. The topological polar surface area (TPSA) is 61.6 Å². The van der Waals surface area contributed by atoms with Gasteiger partial charge in [0.2, 0.25) is 5.75 Å². The summed E-state index contributed by atoms with van der Waals surface area (Å²) in [7, 11) is 3.04. The highest BCUT2D eigenvalue weighted by atomic mass is 16.6. The Bertz CT molecular complexity index is 1330. The Morgan fingerprint density at radius 3 is 1.97 bits per heavy atom. The molecule has 4 bridgehead atoms. The highest BCUT2D eigenvalue weighted by molar-refractivity contribution is 6.16. The van der Waals surface area contributed by atoms with E-state index >= 15 is 0 Å². The maximum Gasteiger partial charge on any atom is 0.315 e. The van der Waals surface area contributed by atoms with Crippen molar-refractivity contribution in [3.05, 3.63) is 87.0 Å². The van der Waals surface area contributed by atoms with Crippen molar-refractivity contribution in [1.29, 1.82) is 0 Å². The molecule has 156 valence electrons. The number of benzene rings is 4. The fourth-order valence-corrected chi connectivity index (χ4v) is 4.78. The summed E-state index contributed by atoms with van der Waals surface area (Å²) >= 11 is 0. The summed E-state index contributed by atoms with van der Waals surface area (Å²) in [5.41, 5.74) is 4.92. The minimum absolute atomic E-state index is 0.0772. The van der Waals surface area contributed by atoms with Gasteiger partial charge in [-0.05, 0) is 64.8 Å². The number of fused-ring (bicyclic) bond motifs is 1. The Balaban J connectivity index is 1.89. The molecule has 4 aromatic rings. The minimum Gasteiger partial charge on any atom is -0.496 e. The lowest BCUT2D eigenvalue weighted by molar-refractivity contribution is -0.385. The van der Waals surface area contributed by atoms with Crippen molar-refractivity contribution in [3.8, 4) is 11.5 Å². The summed E-state index contributed by atoms with van der Waals surface area (Å²) in [4.78, 5) is 11.4. The van der Waals surface area contributed by atoms with E-state index in [0.29, 0.717) is 11.5 Å².